The largest absolute Gasteiger partial charge is 0.444 e. The van der Waals surface area contributed by atoms with Gasteiger partial charge in [-0.15, -0.1) is 0 Å². The lowest BCUT2D eigenvalue weighted by molar-refractivity contribution is -0.139. The topological polar surface area (TPSA) is 108 Å². The Morgan fingerprint density at radius 1 is 1.15 bits per heavy atom. The number of rotatable bonds is 8. The van der Waals surface area contributed by atoms with Crippen molar-refractivity contribution in [1.82, 2.24) is 10.2 Å². The number of aliphatic hydroxyl groups is 1. The van der Waals surface area contributed by atoms with Crippen molar-refractivity contribution in [3.8, 4) is 0 Å². The van der Waals surface area contributed by atoms with Gasteiger partial charge in [-0.2, -0.15) is 0 Å². The standard InChI is InChI=1S/C26H33N3O5/c1-7-18-12-10-13-19(15-18)22(23(31)27-20-14-9-8-11-17(20)2)29(6)24(32)21(16-30)28-25(33)34-26(3,4)5/h7-15,21-22,30H,1,16H2,2-6H3,(H,27,31)(H,28,33). The van der Waals surface area contributed by atoms with Crippen LogP contribution in [0.25, 0.3) is 6.08 Å². The Labute approximate surface area is 200 Å². The Balaban J connectivity index is 2.37. The molecule has 3 N–H and O–H groups in total. The Morgan fingerprint density at radius 3 is 2.41 bits per heavy atom. The zero-order chi connectivity index (χ0) is 25.5. The zero-order valence-electron chi connectivity index (χ0n) is 20.3. The van der Waals surface area contributed by atoms with Crippen molar-refractivity contribution in [3.05, 3.63) is 71.8 Å². The van der Waals surface area contributed by atoms with E-state index in [0.29, 0.717) is 11.3 Å². The zero-order valence-corrected chi connectivity index (χ0v) is 20.3. The van der Waals surface area contributed by atoms with Gasteiger partial charge in [-0.05, 0) is 56.5 Å². The summed E-state index contributed by atoms with van der Waals surface area (Å²) in [5.41, 5.74) is 2.03. The number of anilines is 1. The Morgan fingerprint density at radius 2 is 1.82 bits per heavy atom. The maximum Gasteiger partial charge on any atom is 0.408 e. The molecule has 2 aromatic rings. The monoisotopic (exact) mass is 467 g/mol. The number of hydrogen-bond acceptors (Lipinski definition) is 5. The number of alkyl carbamates (subject to hydrolysis) is 1. The van der Waals surface area contributed by atoms with Crippen molar-refractivity contribution in [2.75, 3.05) is 19.0 Å². The third-order valence-electron chi connectivity index (χ3n) is 5.02. The van der Waals surface area contributed by atoms with Crippen LogP contribution in [0.1, 0.15) is 43.5 Å². The van der Waals surface area contributed by atoms with Crippen LogP contribution >= 0.6 is 0 Å². The van der Waals surface area contributed by atoms with Gasteiger partial charge in [-0.1, -0.05) is 49.1 Å². The summed E-state index contributed by atoms with van der Waals surface area (Å²) in [5.74, 6) is -1.09. The van der Waals surface area contributed by atoms with Crippen LogP contribution in [0, 0.1) is 6.92 Å². The third kappa shape index (κ3) is 7.18. The quantitative estimate of drug-likeness (QED) is 0.549. The maximum atomic E-state index is 13.4. The lowest BCUT2D eigenvalue weighted by Gasteiger charge is -2.31. The second-order valence-electron chi connectivity index (χ2n) is 8.91. The lowest BCUT2D eigenvalue weighted by Crippen LogP contribution is -2.52. The number of aryl methyl sites for hydroxylation is 1. The van der Waals surface area contributed by atoms with E-state index in [-0.39, 0.29) is 0 Å². The number of amides is 3. The first-order chi connectivity index (χ1) is 16.0. The molecule has 34 heavy (non-hydrogen) atoms. The van der Waals surface area contributed by atoms with E-state index < -0.39 is 42.2 Å². The highest BCUT2D eigenvalue weighted by Gasteiger charge is 2.34. The molecule has 0 heterocycles. The molecule has 0 aliphatic heterocycles. The van der Waals surface area contributed by atoms with Crippen molar-refractivity contribution in [1.29, 1.82) is 0 Å². The molecule has 0 spiro atoms. The molecular formula is C26H33N3O5. The minimum atomic E-state index is -1.30. The van der Waals surface area contributed by atoms with Gasteiger partial charge in [0, 0.05) is 12.7 Å². The van der Waals surface area contributed by atoms with Crippen LogP contribution in [0.4, 0.5) is 10.5 Å². The minimum absolute atomic E-state index is 0.444. The molecule has 2 rings (SSSR count). The van der Waals surface area contributed by atoms with E-state index in [9.17, 15) is 19.5 Å². The lowest BCUT2D eigenvalue weighted by atomic mass is 10.0. The first-order valence-corrected chi connectivity index (χ1v) is 10.9. The van der Waals surface area contributed by atoms with Gasteiger partial charge in [0.15, 0.2) is 0 Å². The Kier molecular flexibility index (Phi) is 8.97. The number of ether oxygens (including phenoxy) is 1. The number of nitrogens with one attached hydrogen (secondary N) is 2. The van der Waals surface area contributed by atoms with E-state index in [0.717, 1.165) is 11.1 Å². The molecule has 2 aromatic carbocycles. The summed E-state index contributed by atoms with van der Waals surface area (Å²) < 4.78 is 5.19. The molecule has 8 nitrogen and oxygen atoms in total. The number of aliphatic hydroxyl groups excluding tert-OH is 1. The number of likely N-dealkylation sites (N-methyl/N-ethyl adjacent to an activating group) is 1. The molecule has 0 fully saturated rings. The van der Waals surface area contributed by atoms with E-state index >= 15 is 0 Å². The van der Waals surface area contributed by atoms with E-state index in [4.69, 9.17) is 4.74 Å². The SMILES string of the molecule is C=Cc1cccc(C(C(=O)Nc2ccccc2C)N(C)C(=O)C(CO)NC(=O)OC(C)(C)C)c1. The average Bonchev–Trinajstić information content (AvgIpc) is 2.77. The average molecular weight is 468 g/mol. The van der Waals surface area contributed by atoms with Gasteiger partial charge in [-0.25, -0.2) is 4.79 Å². The van der Waals surface area contributed by atoms with E-state index in [2.05, 4.69) is 17.2 Å². The van der Waals surface area contributed by atoms with Crippen molar-refractivity contribution in [2.45, 2.75) is 45.4 Å². The maximum absolute atomic E-state index is 13.4. The van der Waals surface area contributed by atoms with Crippen molar-refractivity contribution in [2.24, 2.45) is 0 Å². The summed E-state index contributed by atoms with van der Waals surface area (Å²) >= 11 is 0. The van der Waals surface area contributed by atoms with Crippen LogP contribution in [0.3, 0.4) is 0 Å². The van der Waals surface area contributed by atoms with Crippen molar-refractivity contribution < 1.29 is 24.2 Å². The molecule has 0 bridgehead atoms. The van der Waals surface area contributed by atoms with Crippen LogP contribution < -0.4 is 10.6 Å². The summed E-state index contributed by atoms with van der Waals surface area (Å²) in [7, 11) is 1.45. The molecular weight excluding hydrogens is 434 g/mol. The van der Waals surface area contributed by atoms with Gasteiger partial charge in [-0.3, -0.25) is 9.59 Å². The van der Waals surface area contributed by atoms with Gasteiger partial charge in [0.05, 0.1) is 6.61 Å². The highest BCUT2D eigenvalue weighted by atomic mass is 16.6. The number of carbonyl (C=O) groups excluding carboxylic acids is 3. The second-order valence-corrected chi connectivity index (χ2v) is 8.91. The van der Waals surface area contributed by atoms with Gasteiger partial charge >= 0.3 is 6.09 Å². The van der Waals surface area contributed by atoms with E-state index in [1.165, 1.54) is 11.9 Å². The third-order valence-corrected chi connectivity index (χ3v) is 5.02. The van der Waals surface area contributed by atoms with Crippen molar-refractivity contribution >= 4 is 29.7 Å². The van der Waals surface area contributed by atoms with E-state index in [1.807, 2.05) is 25.1 Å². The summed E-state index contributed by atoms with van der Waals surface area (Å²) in [4.78, 5) is 40.1. The predicted octanol–water partition coefficient (Wildman–Crippen LogP) is 3.66. The predicted molar refractivity (Wildman–Crippen MR) is 132 cm³/mol. The van der Waals surface area contributed by atoms with Gasteiger partial charge < -0.3 is 25.4 Å². The number of hydrogen-bond donors (Lipinski definition) is 3. The molecule has 182 valence electrons. The van der Waals surface area contributed by atoms with E-state index in [1.54, 1.807) is 57.2 Å². The number of para-hydroxylation sites is 1. The van der Waals surface area contributed by atoms with Gasteiger partial charge in [0.1, 0.15) is 17.7 Å². The first kappa shape index (κ1) is 26.6. The molecule has 0 aliphatic carbocycles. The molecule has 3 amide bonds. The smallest absolute Gasteiger partial charge is 0.408 e. The van der Waals surface area contributed by atoms with Crippen LogP contribution in [0.15, 0.2) is 55.1 Å². The number of carbonyl (C=O) groups is 3. The fourth-order valence-corrected chi connectivity index (χ4v) is 3.33. The van der Waals surface area contributed by atoms with Crippen LogP contribution in [0.2, 0.25) is 0 Å². The molecule has 2 atom stereocenters. The first-order valence-electron chi connectivity index (χ1n) is 10.9. The number of nitrogens with zero attached hydrogens (tertiary/aromatic N) is 1. The number of benzene rings is 2. The van der Waals surface area contributed by atoms with Crippen LogP contribution in [-0.2, 0) is 14.3 Å². The summed E-state index contributed by atoms with van der Waals surface area (Å²) in [6, 6.07) is 12.0. The summed E-state index contributed by atoms with van der Waals surface area (Å²) in [5, 5.41) is 15.1. The minimum Gasteiger partial charge on any atom is -0.444 e. The fraction of sp³-hybridized carbons (Fsp3) is 0.346. The Bertz CT molecular complexity index is 1040. The van der Waals surface area contributed by atoms with Gasteiger partial charge in [0.25, 0.3) is 5.91 Å². The van der Waals surface area contributed by atoms with Crippen LogP contribution in [-0.4, -0.2) is 53.2 Å². The molecule has 0 aliphatic rings. The molecule has 0 saturated heterocycles. The van der Waals surface area contributed by atoms with Crippen LogP contribution in [0.5, 0.6) is 0 Å². The highest BCUT2D eigenvalue weighted by Crippen LogP contribution is 2.25. The van der Waals surface area contributed by atoms with Crippen molar-refractivity contribution in [3.63, 3.8) is 0 Å². The van der Waals surface area contributed by atoms with Gasteiger partial charge in [0.2, 0.25) is 5.91 Å². The molecule has 8 heteroatoms. The molecule has 2 unspecified atom stereocenters. The Hall–Kier alpha value is -3.65. The molecule has 0 aromatic heterocycles. The normalized spacial score (nSPS) is 12.8. The fourth-order valence-electron chi connectivity index (χ4n) is 3.33. The summed E-state index contributed by atoms with van der Waals surface area (Å²) in [6.45, 7) is 10.0. The second kappa shape index (κ2) is 11.5. The molecule has 0 saturated carbocycles. The summed E-state index contributed by atoms with van der Waals surface area (Å²) in [6.07, 6.45) is 0.797. The molecule has 0 radical (unpaired) electrons. The highest BCUT2D eigenvalue weighted by molar-refractivity contribution is 5.99.